The average molecular weight is 355 g/mol. The molecule has 0 spiro atoms. The Labute approximate surface area is 153 Å². The number of aliphatic hydroxyl groups is 1. The van der Waals surface area contributed by atoms with E-state index >= 15 is 0 Å². The zero-order valence-corrected chi connectivity index (χ0v) is 15.0. The smallest absolute Gasteiger partial charge is 0.239 e. The van der Waals surface area contributed by atoms with Gasteiger partial charge in [-0.1, -0.05) is 35.9 Å². The lowest BCUT2D eigenvalue weighted by Crippen LogP contribution is -2.56. The number of rotatable bonds is 6. The monoisotopic (exact) mass is 355 g/mol. The highest BCUT2D eigenvalue weighted by molar-refractivity contribution is 5.91. The Balaban J connectivity index is 1.61. The molecular weight excluding hydrogens is 330 g/mol. The molecule has 1 aliphatic heterocycles. The fraction of sp³-hybridized carbons (Fsp3) is 0.400. The zero-order valence-electron chi connectivity index (χ0n) is 15.0. The molecule has 6 nitrogen and oxygen atoms in total. The molecule has 2 heterocycles. The molecule has 1 atom stereocenters. The van der Waals surface area contributed by atoms with Crippen molar-refractivity contribution >= 4 is 11.7 Å². The predicted octanol–water partition coefficient (Wildman–Crippen LogP) is 1.63. The second kappa shape index (κ2) is 8.40. The van der Waals surface area contributed by atoms with Crippen LogP contribution in [0.4, 0.5) is 5.82 Å². The molecule has 1 aromatic carbocycles. The number of hydrogen-bond acceptors (Lipinski definition) is 5. The van der Waals surface area contributed by atoms with Gasteiger partial charge in [-0.25, -0.2) is 4.98 Å². The third-order valence-corrected chi connectivity index (χ3v) is 4.56. The van der Waals surface area contributed by atoms with Crippen LogP contribution in [0.15, 0.2) is 48.7 Å². The molecule has 138 valence electrons. The van der Waals surface area contributed by atoms with Gasteiger partial charge >= 0.3 is 0 Å². The van der Waals surface area contributed by atoms with Crippen molar-refractivity contribution in [1.82, 2.24) is 9.88 Å². The molecule has 1 saturated heterocycles. The summed E-state index contributed by atoms with van der Waals surface area (Å²) >= 11 is 0. The fourth-order valence-electron chi connectivity index (χ4n) is 3.22. The summed E-state index contributed by atoms with van der Waals surface area (Å²) in [4.78, 5) is 18.4. The number of carbonyl (C=O) groups excluding carboxylic acids is 1. The van der Waals surface area contributed by atoms with Gasteiger partial charge in [-0.15, -0.1) is 0 Å². The first-order chi connectivity index (χ1) is 12.6. The van der Waals surface area contributed by atoms with E-state index in [1.807, 2.05) is 17.9 Å². The number of pyridine rings is 1. The van der Waals surface area contributed by atoms with Gasteiger partial charge in [0.2, 0.25) is 5.91 Å². The maximum atomic E-state index is 12.3. The van der Waals surface area contributed by atoms with Crippen LogP contribution in [-0.2, 0) is 16.0 Å². The summed E-state index contributed by atoms with van der Waals surface area (Å²) < 4.78 is 5.94. The number of hydrogen-bond donors (Lipinski definition) is 2. The summed E-state index contributed by atoms with van der Waals surface area (Å²) in [6.45, 7) is 3.86. The molecule has 2 aromatic rings. The number of ether oxygens (including phenoxy) is 1. The minimum absolute atomic E-state index is 0.0841. The number of carbonyl (C=O) groups is 1. The van der Waals surface area contributed by atoms with Crippen molar-refractivity contribution in [2.75, 3.05) is 38.2 Å². The van der Waals surface area contributed by atoms with Crippen molar-refractivity contribution in [2.24, 2.45) is 0 Å². The summed E-state index contributed by atoms with van der Waals surface area (Å²) in [6, 6.07) is 13.6. The van der Waals surface area contributed by atoms with Crippen molar-refractivity contribution in [2.45, 2.75) is 18.9 Å². The standard InChI is InChI=1S/C20H25N3O3/c1-16-5-7-17(8-6-16)12-20(15-24)14-23(10-11-26-20)13-19(25)22-18-4-2-3-9-21-18/h2-9,24H,10-15H2,1H3,(H,21,22,25)/t20-/m0/s1. The van der Waals surface area contributed by atoms with Crippen LogP contribution in [0.1, 0.15) is 11.1 Å². The summed E-state index contributed by atoms with van der Waals surface area (Å²) in [7, 11) is 0. The molecule has 0 radical (unpaired) electrons. The Bertz CT molecular complexity index is 721. The molecule has 26 heavy (non-hydrogen) atoms. The molecule has 6 heteroatoms. The number of benzene rings is 1. The second-order valence-electron chi connectivity index (χ2n) is 6.83. The molecule has 2 N–H and O–H groups in total. The number of anilines is 1. The van der Waals surface area contributed by atoms with Crippen molar-refractivity contribution < 1.29 is 14.6 Å². The van der Waals surface area contributed by atoms with Crippen molar-refractivity contribution in [1.29, 1.82) is 0 Å². The van der Waals surface area contributed by atoms with Crippen LogP contribution in [0.25, 0.3) is 0 Å². The van der Waals surface area contributed by atoms with Gasteiger partial charge in [0.15, 0.2) is 0 Å². The fourth-order valence-corrected chi connectivity index (χ4v) is 3.22. The highest BCUT2D eigenvalue weighted by Gasteiger charge is 2.37. The van der Waals surface area contributed by atoms with Gasteiger partial charge in [-0.3, -0.25) is 9.69 Å². The van der Waals surface area contributed by atoms with Gasteiger partial charge in [0.05, 0.1) is 19.8 Å². The summed E-state index contributed by atoms with van der Waals surface area (Å²) in [5.41, 5.74) is 1.63. The Morgan fingerprint density at radius 1 is 1.31 bits per heavy atom. The second-order valence-corrected chi connectivity index (χ2v) is 6.83. The van der Waals surface area contributed by atoms with E-state index in [9.17, 15) is 9.90 Å². The number of morpholine rings is 1. The lowest BCUT2D eigenvalue weighted by molar-refractivity contribution is -0.138. The third kappa shape index (κ3) is 4.88. The molecule has 3 rings (SSSR count). The van der Waals surface area contributed by atoms with E-state index in [4.69, 9.17) is 4.74 Å². The van der Waals surface area contributed by atoms with E-state index in [0.29, 0.717) is 31.9 Å². The highest BCUT2D eigenvalue weighted by atomic mass is 16.5. The normalized spacial score (nSPS) is 20.7. The van der Waals surface area contributed by atoms with Crippen LogP contribution in [0, 0.1) is 6.92 Å². The average Bonchev–Trinajstić information content (AvgIpc) is 2.65. The third-order valence-electron chi connectivity index (χ3n) is 4.56. The van der Waals surface area contributed by atoms with E-state index in [2.05, 4.69) is 34.6 Å². The molecule has 0 bridgehead atoms. The molecule has 1 aliphatic rings. The summed E-state index contributed by atoms with van der Waals surface area (Å²) in [5, 5.41) is 12.8. The SMILES string of the molecule is Cc1ccc(C[C@@]2(CO)CN(CC(=O)Nc3ccccn3)CCO2)cc1. The van der Waals surface area contributed by atoms with Crippen molar-refractivity contribution in [3.05, 3.63) is 59.8 Å². The minimum Gasteiger partial charge on any atom is -0.393 e. The van der Waals surface area contributed by atoms with Crippen molar-refractivity contribution in [3.63, 3.8) is 0 Å². The first-order valence-corrected chi connectivity index (χ1v) is 8.82. The van der Waals surface area contributed by atoms with Gasteiger partial charge in [-0.05, 0) is 24.6 Å². The molecule has 0 saturated carbocycles. The largest absolute Gasteiger partial charge is 0.393 e. The molecule has 0 aliphatic carbocycles. The van der Waals surface area contributed by atoms with Gasteiger partial charge < -0.3 is 15.2 Å². The number of amides is 1. The maximum absolute atomic E-state index is 12.3. The van der Waals surface area contributed by atoms with E-state index in [1.54, 1.807) is 18.3 Å². The quantitative estimate of drug-likeness (QED) is 0.824. The number of aliphatic hydroxyl groups excluding tert-OH is 1. The van der Waals surface area contributed by atoms with E-state index < -0.39 is 5.60 Å². The maximum Gasteiger partial charge on any atom is 0.239 e. The minimum atomic E-state index is -0.682. The molecule has 0 unspecified atom stereocenters. The Kier molecular flexibility index (Phi) is 5.98. The molecule has 1 fully saturated rings. The zero-order chi connectivity index (χ0) is 18.4. The lowest BCUT2D eigenvalue weighted by atomic mass is 9.92. The van der Waals surface area contributed by atoms with Crippen LogP contribution in [0.5, 0.6) is 0 Å². The Morgan fingerprint density at radius 2 is 2.12 bits per heavy atom. The number of aromatic nitrogens is 1. The van der Waals surface area contributed by atoms with Crippen LogP contribution in [0.3, 0.4) is 0 Å². The summed E-state index contributed by atoms with van der Waals surface area (Å²) in [5.74, 6) is 0.423. The number of nitrogens with zero attached hydrogens (tertiary/aromatic N) is 2. The first kappa shape index (κ1) is 18.5. The topological polar surface area (TPSA) is 74.7 Å². The van der Waals surface area contributed by atoms with Crippen LogP contribution in [-0.4, -0.2) is 59.3 Å². The number of aryl methyl sites for hydroxylation is 1. The summed E-state index contributed by atoms with van der Waals surface area (Å²) in [6.07, 6.45) is 2.25. The Morgan fingerprint density at radius 3 is 2.81 bits per heavy atom. The van der Waals surface area contributed by atoms with Gasteiger partial charge in [0, 0.05) is 25.7 Å². The van der Waals surface area contributed by atoms with Crippen LogP contribution in [0.2, 0.25) is 0 Å². The van der Waals surface area contributed by atoms with Crippen LogP contribution < -0.4 is 5.32 Å². The lowest BCUT2D eigenvalue weighted by Gasteiger charge is -2.41. The van der Waals surface area contributed by atoms with E-state index in [1.165, 1.54) is 5.56 Å². The van der Waals surface area contributed by atoms with Crippen molar-refractivity contribution in [3.8, 4) is 0 Å². The number of nitrogens with one attached hydrogen (secondary N) is 1. The highest BCUT2D eigenvalue weighted by Crippen LogP contribution is 2.23. The Hall–Kier alpha value is -2.28. The van der Waals surface area contributed by atoms with Gasteiger partial charge in [-0.2, -0.15) is 0 Å². The van der Waals surface area contributed by atoms with E-state index in [0.717, 1.165) is 5.56 Å². The van der Waals surface area contributed by atoms with E-state index in [-0.39, 0.29) is 19.1 Å². The van der Waals surface area contributed by atoms with Gasteiger partial charge in [0.1, 0.15) is 11.4 Å². The van der Waals surface area contributed by atoms with Crippen LogP contribution >= 0.6 is 0 Å². The predicted molar refractivity (Wildman–Crippen MR) is 100.0 cm³/mol. The first-order valence-electron chi connectivity index (χ1n) is 8.82. The molecule has 1 aromatic heterocycles. The molecular formula is C20H25N3O3. The van der Waals surface area contributed by atoms with Gasteiger partial charge in [0.25, 0.3) is 0 Å². The molecule has 1 amide bonds.